The Morgan fingerprint density at radius 3 is 2.80 bits per heavy atom. The fourth-order valence-corrected chi connectivity index (χ4v) is 2.55. The van der Waals surface area contributed by atoms with E-state index in [-0.39, 0.29) is 12.5 Å². The number of hydrogen-bond acceptors (Lipinski definition) is 4. The number of likely N-dealkylation sites (N-methyl/N-ethyl adjacent to an activating group) is 1. The Kier molecular flexibility index (Phi) is 4.62. The van der Waals surface area contributed by atoms with Gasteiger partial charge < -0.3 is 20.6 Å². The van der Waals surface area contributed by atoms with E-state index in [1.807, 2.05) is 25.2 Å². The maximum absolute atomic E-state index is 11.9. The predicted octanol–water partition coefficient (Wildman–Crippen LogP) is 1.26. The van der Waals surface area contributed by atoms with E-state index in [0.717, 1.165) is 42.7 Å². The molecule has 1 aliphatic rings. The van der Waals surface area contributed by atoms with Gasteiger partial charge in [0.1, 0.15) is 6.04 Å². The number of rotatable bonds is 6. The summed E-state index contributed by atoms with van der Waals surface area (Å²) < 4.78 is 0. The average Bonchev–Trinajstić information content (AvgIpc) is 2.68. The highest BCUT2D eigenvalue weighted by molar-refractivity contribution is 6.04. The van der Waals surface area contributed by atoms with Gasteiger partial charge in [-0.25, -0.2) is 0 Å². The standard InChI is InChI=1S/C15H23N3O2/c1-17(8-4-3-5-9-19)11-6-7-12-13(10-11)18(2)15(20)14(12)16/h6-7,10,14,19H,3-5,8-9,16H2,1-2H3. The summed E-state index contributed by atoms with van der Waals surface area (Å²) in [5.41, 5.74) is 8.78. The van der Waals surface area contributed by atoms with E-state index in [1.165, 1.54) is 0 Å². The molecule has 5 heteroatoms. The van der Waals surface area contributed by atoms with Gasteiger partial charge in [-0.3, -0.25) is 4.79 Å². The van der Waals surface area contributed by atoms with Crippen LogP contribution in [0.15, 0.2) is 18.2 Å². The second-order valence-electron chi connectivity index (χ2n) is 5.32. The van der Waals surface area contributed by atoms with Crippen LogP contribution in [-0.2, 0) is 4.79 Å². The van der Waals surface area contributed by atoms with Crippen molar-refractivity contribution < 1.29 is 9.90 Å². The Bertz CT molecular complexity index is 490. The van der Waals surface area contributed by atoms with Crippen LogP contribution in [0, 0.1) is 0 Å². The molecule has 0 spiro atoms. The Balaban J connectivity index is 2.06. The van der Waals surface area contributed by atoms with Crippen molar-refractivity contribution in [2.24, 2.45) is 5.73 Å². The molecular weight excluding hydrogens is 254 g/mol. The molecule has 1 atom stereocenters. The molecule has 1 unspecified atom stereocenters. The zero-order valence-electron chi connectivity index (χ0n) is 12.2. The van der Waals surface area contributed by atoms with Gasteiger partial charge in [-0.1, -0.05) is 6.07 Å². The molecule has 1 aromatic rings. The maximum atomic E-state index is 11.9. The number of anilines is 2. The summed E-state index contributed by atoms with van der Waals surface area (Å²) in [6.45, 7) is 1.19. The third-order valence-electron chi connectivity index (χ3n) is 3.90. The maximum Gasteiger partial charge on any atom is 0.248 e. The number of amides is 1. The Morgan fingerprint density at radius 1 is 1.35 bits per heavy atom. The first-order chi connectivity index (χ1) is 9.56. The average molecular weight is 277 g/mol. The topological polar surface area (TPSA) is 69.8 Å². The number of carbonyl (C=O) groups is 1. The van der Waals surface area contributed by atoms with Crippen LogP contribution in [0.25, 0.3) is 0 Å². The molecule has 20 heavy (non-hydrogen) atoms. The third-order valence-corrected chi connectivity index (χ3v) is 3.90. The van der Waals surface area contributed by atoms with Gasteiger partial charge in [-0.15, -0.1) is 0 Å². The number of unbranched alkanes of at least 4 members (excludes halogenated alkanes) is 2. The summed E-state index contributed by atoms with van der Waals surface area (Å²) in [4.78, 5) is 15.6. The molecule has 3 N–H and O–H groups in total. The van der Waals surface area contributed by atoms with Gasteiger partial charge >= 0.3 is 0 Å². The summed E-state index contributed by atoms with van der Waals surface area (Å²) in [6, 6.07) is 5.45. The van der Waals surface area contributed by atoms with Gasteiger partial charge in [0.05, 0.1) is 5.69 Å². The number of benzene rings is 1. The molecule has 0 fully saturated rings. The van der Waals surface area contributed by atoms with Crippen molar-refractivity contribution in [3.05, 3.63) is 23.8 Å². The van der Waals surface area contributed by atoms with E-state index < -0.39 is 6.04 Å². The van der Waals surface area contributed by atoms with E-state index in [4.69, 9.17) is 10.8 Å². The minimum absolute atomic E-state index is 0.0530. The van der Waals surface area contributed by atoms with Gasteiger partial charge in [0.2, 0.25) is 5.91 Å². The molecule has 1 heterocycles. The minimum atomic E-state index is -0.529. The minimum Gasteiger partial charge on any atom is -0.396 e. The van der Waals surface area contributed by atoms with Crippen LogP contribution in [0.2, 0.25) is 0 Å². The first-order valence-corrected chi connectivity index (χ1v) is 7.05. The third kappa shape index (κ3) is 2.78. The second kappa shape index (κ2) is 6.24. The highest BCUT2D eigenvalue weighted by Gasteiger charge is 2.32. The summed E-state index contributed by atoms with van der Waals surface area (Å²) in [5.74, 6) is -0.0530. The zero-order valence-corrected chi connectivity index (χ0v) is 12.2. The number of hydrogen-bond donors (Lipinski definition) is 2. The van der Waals surface area contributed by atoms with Gasteiger partial charge in [0, 0.05) is 38.5 Å². The van der Waals surface area contributed by atoms with Crippen molar-refractivity contribution in [1.29, 1.82) is 0 Å². The van der Waals surface area contributed by atoms with Crippen LogP contribution >= 0.6 is 0 Å². The van der Waals surface area contributed by atoms with Crippen LogP contribution < -0.4 is 15.5 Å². The van der Waals surface area contributed by atoms with Gasteiger partial charge in [0.15, 0.2) is 0 Å². The van der Waals surface area contributed by atoms with E-state index in [0.29, 0.717) is 0 Å². The lowest BCUT2D eigenvalue weighted by atomic mass is 10.1. The molecule has 0 saturated carbocycles. The van der Waals surface area contributed by atoms with Crippen LogP contribution in [0.1, 0.15) is 30.9 Å². The van der Waals surface area contributed by atoms with Gasteiger partial charge in [0.25, 0.3) is 0 Å². The Hall–Kier alpha value is -1.59. The number of carbonyl (C=O) groups excluding carboxylic acids is 1. The fourth-order valence-electron chi connectivity index (χ4n) is 2.55. The van der Waals surface area contributed by atoms with E-state index in [1.54, 1.807) is 11.9 Å². The lowest BCUT2D eigenvalue weighted by Gasteiger charge is -2.21. The molecular formula is C15H23N3O2. The molecule has 2 rings (SSSR count). The molecule has 1 aliphatic heterocycles. The number of nitrogens with two attached hydrogens (primary N) is 1. The quantitative estimate of drug-likeness (QED) is 0.768. The van der Waals surface area contributed by atoms with E-state index >= 15 is 0 Å². The SMILES string of the molecule is CN(CCCCCO)c1ccc2c(c1)N(C)C(=O)C2N. The number of aliphatic hydroxyl groups excluding tert-OH is 1. The molecule has 110 valence electrons. The van der Waals surface area contributed by atoms with Crippen molar-refractivity contribution in [2.45, 2.75) is 25.3 Å². The lowest BCUT2D eigenvalue weighted by Crippen LogP contribution is -2.27. The molecule has 0 bridgehead atoms. The highest BCUT2D eigenvalue weighted by Crippen LogP contribution is 2.36. The smallest absolute Gasteiger partial charge is 0.248 e. The largest absolute Gasteiger partial charge is 0.396 e. The first kappa shape index (κ1) is 14.8. The van der Waals surface area contributed by atoms with Gasteiger partial charge in [-0.05, 0) is 31.4 Å². The van der Waals surface area contributed by atoms with Crippen LogP contribution in [-0.4, -0.2) is 38.3 Å². The molecule has 0 aliphatic carbocycles. The van der Waals surface area contributed by atoms with Gasteiger partial charge in [-0.2, -0.15) is 0 Å². The Labute approximate surface area is 120 Å². The summed E-state index contributed by atoms with van der Waals surface area (Å²) in [5, 5.41) is 8.77. The Morgan fingerprint density at radius 2 is 2.10 bits per heavy atom. The highest BCUT2D eigenvalue weighted by atomic mass is 16.2. The molecule has 1 aromatic carbocycles. The fraction of sp³-hybridized carbons (Fsp3) is 0.533. The normalized spacial score (nSPS) is 17.5. The predicted molar refractivity (Wildman–Crippen MR) is 81.0 cm³/mol. The second-order valence-corrected chi connectivity index (χ2v) is 5.32. The van der Waals surface area contributed by atoms with Crippen LogP contribution in [0.4, 0.5) is 11.4 Å². The zero-order chi connectivity index (χ0) is 14.7. The van der Waals surface area contributed by atoms with E-state index in [2.05, 4.69) is 4.90 Å². The summed E-state index contributed by atoms with van der Waals surface area (Å²) >= 11 is 0. The first-order valence-electron chi connectivity index (χ1n) is 7.05. The monoisotopic (exact) mass is 277 g/mol. The molecule has 0 saturated heterocycles. The molecule has 0 radical (unpaired) electrons. The van der Waals surface area contributed by atoms with Crippen molar-refractivity contribution in [1.82, 2.24) is 0 Å². The van der Waals surface area contributed by atoms with Crippen molar-refractivity contribution >= 4 is 17.3 Å². The number of nitrogens with zero attached hydrogens (tertiary/aromatic N) is 2. The summed E-state index contributed by atoms with van der Waals surface area (Å²) in [7, 11) is 3.80. The lowest BCUT2D eigenvalue weighted by molar-refractivity contribution is -0.118. The van der Waals surface area contributed by atoms with Crippen LogP contribution in [0.5, 0.6) is 0 Å². The van der Waals surface area contributed by atoms with Crippen molar-refractivity contribution in [3.8, 4) is 0 Å². The molecule has 1 amide bonds. The summed E-state index contributed by atoms with van der Waals surface area (Å²) in [6.07, 6.45) is 2.92. The van der Waals surface area contributed by atoms with Crippen molar-refractivity contribution in [3.63, 3.8) is 0 Å². The number of aliphatic hydroxyl groups is 1. The molecule has 0 aromatic heterocycles. The number of fused-ring (bicyclic) bond motifs is 1. The molecule has 5 nitrogen and oxygen atoms in total. The van der Waals surface area contributed by atoms with Crippen LogP contribution in [0.3, 0.4) is 0 Å². The van der Waals surface area contributed by atoms with Crippen molar-refractivity contribution in [2.75, 3.05) is 37.0 Å². The van der Waals surface area contributed by atoms with E-state index in [9.17, 15) is 4.79 Å².